The molecule has 5 nitrogen and oxygen atoms in total. The second-order valence-electron chi connectivity index (χ2n) is 5.18. The van der Waals surface area contributed by atoms with Gasteiger partial charge in [0.25, 0.3) is 5.91 Å². The van der Waals surface area contributed by atoms with Crippen LogP contribution in [0.4, 0.5) is 0 Å². The number of amides is 1. The molecule has 2 aliphatic rings. The van der Waals surface area contributed by atoms with Crippen molar-refractivity contribution in [2.45, 2.75) is 32.3 Å². The third-order valence-corrected chi connectivity index (χ3v) is 4.95. The Morgan fingerprint density at radius 3 is 3.06 bits per heavy atom. The molecule has 1 amide bonds. The van der Waals surface area contributed by atoms with Crippen molar-refractivity contribution in [1.82, 2.24) is 14.5 Å². The first kappa shape index (κ1) is 12.0. The molecule has 3 atom stereocenters. The molecule has 18 heavy (non-hydrogen) atoms. The van der Waals surface area contributed by atoms with Crippen molar-refractivity contribution >= 4 is 17.4 Å². The van der Waals surface area contributed by atoms with Crippen molar-refractivity contribution in [3.8, 4) is 0 Å². The first-order valence-corrected chi connectivity index (χ1v) is 7.26. The van der Waals surface area contributed by atoms with Gasteiger partial charge in [0, 0.05) is 19.0 Å². The zero-order valence-corrected chi connectivity index (χ0v) is 11.2. The summed E-state index contributed by atoms with van der Waals surface area (Å²) in [7, 11) is 0. The van der Waals surface area contributed by atoms with Crippen LogP contribution in [0.3, 0.4) is 0 Å². The predicted octanol–water partition coefficient (Wildman–Crippen LogP) is 0.943. The Morgan fingerprint density at radius 1 is 1.50 bits per heavy atom. The Morgan fingerprint density at radius 2 is 2.33 bits per heavy atom. The fourth-order valence-electron chi connectivity index (χ4n) is 3.15. The first-order chi connectivity index (χ1) is 8.70. The molecule has 1 saturated carbocycles. The van der Waals surface area contributed by atoms with Gasteiger partial charge in [0.15, 0.2) is 0 Å². The molecule has 0 radical (unpaired) electrons. The van der Waals surface area contributed by atoms with E-state index < -0.39 is 0 Å². The van der Waals surface area contributed by atoms with E-state index in [1.54, 1.807) is 0 Å². The number of rotatable bonds is 2. The maximum atomic E-state index is 12.4. The average molecular weight is 267 g/mol. The number of likely N-dealkylation sites (tertiary alicyclic amines) is 1. The maximum absolute atomic E-state index is 12.4. The van der Waals surface area contributed by atoms with E-state index in [2.05, 4.69) is 9.59 Å². The monoisotopic (exact) mass is 267 g/mol. The van der Waals surface area contributed by atoms with E-state index >= 15 is 0 Å². The lowest BCUT2D eigenvalue weighted by Gasteiger charge is -2.17. The number of fused-ring (bicyclic) bond motifs is 1. The number of aliphatic hydroxyl groups is 1. The van der Waals surface area contributed by atoms with Gasteiger partial charge >= 0.3 is 0 Å². The summed E-state index contributed by atoms with van der Waals surface area (Å²) in [6.07, 6.45) is 2.44. The van der Waals surface area contributed by atoms with Gasteiger partial charge in [0.1, 0.15) is 4.88 Å². The summed E-state index contributed by atoms with van der Waals surface area (Å²) in [4.78, 5) is 14.9. The number of nitrogens with zero attached hydrogens (tertiary/aromatic N) is 3. The van der Waals surface area contributed by atoms with Gasteiger partial charge in [0.2, 0.25) is 0 Å². The molecule has 1 aromatic heterocycles. The third-order valence-electron chi connectivity index (χ3n) is 4.19. The van der Waals surface area contributed by atoms with E-state index in [9.17, 15) is 9.90 Å². The number of hydrogen-bond acceptors (Lipinski definition) is 5. The molecule has 1 aliphatic heterocycles. The Labute approximate surface area is 110 Å². The highest BCUT2D eigenvalue weighted by Crippen LogP contribution is 2.38. The van der Waals surface area contributed by atoms with Gasteiger partial charge in [-0.3, -0.25) is 4.79 Å². The number of carbonyl (C=O) groups excluding carboxylic acids is 1. The minimum Gasteiger partial charge on any atom is -0.393 e. The van der Waals surface area contributed by atoms with Crippen LogP contribution in [0.25, 0.3) is 0 Å². The number of aryl methyl sites for hydroxylation is 1. The molecule has 0 aromatic carbocycles. The smallest absolute Gasteiger partial charge is 0.267 e. The lowest BCUT2D eigenvalue weighted by Crippen LogP contribution is -2.31. The maximum Gasteiger partial charge on any atom is 0.267 e. The Hall–Kier alpha value is -1.01. The summed E-state index contributed by atoms with van der Waals surface area (Å²) in [5.41, 5.74) is 0.794. The van der Waals surface area contributed by atoms with Crippen LogP contribution in [0.5, 0.6) is 0 Å². The molecular formula is C12H17N3O2S. The molecule has 3 rings (SSSR count). The molecule has 1 aromatic rings. The highest BCUT2D eigenvalue weighted by molar-refractivity contribution is 7.08. The molecule has 0 bridgehead atoms. The van der Waals surface area contributed by atoms with Crippen LogP contribution < -0.4 is 0 Å². The van der Waals surface area contributed by atoms with E-state index in [0.29, 0.717) is 17.3 Å². The zero-order chi connectivity index (χ0) is 12.7. The van der Waals surface area contributed by atoms with Crippen molar-refractivity contribution in [2.24, 2.45) is 11.8 Å². The third kappa shape index (κ3) is 1.83. The van der Waals surface area contributed by atoms with Gasteiger partial charge in [-0.25, -0.2) is 0 Å². The van der Waals surface area contributed by atoms with Crippen molar-refractivity contribution < 1.29 is 9.90 Å². The second kappa shape index (κ2) is 4.59. The van der Waals surface area contributed by atoms with Crippen LogP contribution in [0.1, 0.15) is 35.1 Å². The predicted molar refractivity (Wildman–Crippen MR) is 67.4 cm³/mol. The van der Waals surface area contributed by atoms with Crippen LogP contribution in [-0.4, -0.2) is 44.7 Å². The zero-order valence-electron chi connectivity index (χ0n) is 10.4. The molecule has 98 valence electrons. The Balaban J connectivity index is 1.75. The standard InChI is InChI=1S/C12H17N3O2S/c1-2-9-11(18-14-13-9)12(17)15-5-7-3-4-10(16)8(7)6-15/h7-8,10,16H,2-6H2,1H3. The van der Waals surface area contributed by atoms with Gasteiger partial charge in [-0.15, -0.1) is 5.10 Å². The number of carbonyl (C=O) groups is 1. The summed E-state index contributed by atoms with van der Waals surface area (Å²) in [6.45, 7) is 3.45. The van der Waals surface area contributed by atoms with Gasteiger partial charge in [-0.2, -0.15) is 0 Å². The summed E-state index contributed by atoms with van der Waals surface area (Å²) in [5, 5.41) is 13.9. The molecular weight excluding hydrogens is 250 g/mol. The number of aliphatic hydroxyl groups excluding tert-OH is 1. The van der Waals surface area contributed by atoms with Crippen LogP contribution in [-0.2, 0) is 6.42 Å². The van der Waals surface area contributed by atoms with Crippen LogP contribution in [0.2, 0.25) is 0 Å². The molecule has 1 saturated heterocycles. The molecule has 1 aliphatic carbocycles. The van der Waals surface area contributed by atoms with E-state index in [4.69, 9.17) is 0 Å². The van der Waals surface area contributed by atoms with Crippen LogP contribution >= 0.6 is 11.5 Å². The van der Waals surface area contributed by atoms with Gasteiger partial charge < -0.3 is 10.0 Å². The van der Waals surface area contributed by atoms with Crippen LogP contribution in [0.15, 0.2) is 0 Å². The number of hydrogen-bond donors (Lipinski definition) is 1. The SMILES string of the molecule is CCc1nnsc1C(=O)N1CC2CCC(O)C2C1. The first-order valence-electron chi connectivity index (χ1n) is 6.49. The normalized spacial score (nSPS) is 30.8. The van der Waals surface area contributed by atoms with E-state index in [0.717, 1.165) is 31.5 Å². The van der Waals surface area contributed by atoms with E-state index in [1.807, 2.05) is 11.8 Å². The molecule has 3 unspecified atom stereocenters. The van der Waals surface area contributed by atoms with Crippen LogP contribution in [0, 0.1) is 11.8 Å². The topological polar surface area (TPSA) is 66.3 Å². The lowest BCUT2D eigenvalue weighted by atomic mass is 10.00. The quantitative estimate of drug-likeness (QED) is 0.866. The lowest BCUT2D eigenvalue weighted by molar-refractivity contribution is 0.0756. The molecule has 6 heteroatoms. The van der Waals surface area contributed by atoms with E-state index in [1.165, 1.54) is 11.5 Å². The minimum atomic E-state index is -0.224. The summed E-state index contributed by atoms with van der Waals surface area (Å²) in [6, 6.07) is 0. The molecule has 1 N–H and O–H groups in total. The largest absolute Gasteiger partial charge is 0.393 e. The summed E-state index contributed by atoms with van der Waals surface area (Å²) < 4.78 is 3.87. The van der Waals surface area contributed by atoms with Gasteiger partial charge in [-0.1, -0.05) is 11.4 Å². The van der Waals surface area contributed by atoms with Crippen molar-refractivity contribution in [3.05, 3.63) is 10.6 Å². The van der Waals surface area contributed by atoms with Crippen molar-refractivity contribution in [1.29, 1.82) is 0 Å². The average Bonchev–Trinajstić information content (AvgIpc) is 3.05. The molecule has 2 heterocycles. The fraction of sp³-hybridized carbons (Fsp3) is 0.750. The van der Waals surface area contributed by atoms with E-state index in [-0.39, 0.29) is 17.9 Å². The van der Waals surface area contributed by atoms with Gasteiger partial charge in [-0.05, 0) is 36.7 Å². The van der Waals surface area contributed by atoms with Crippen molar-refractivity contribution in [2.75, 3.05) is 13.1 Å². The number of aromatic nitrogens is 2. The Kier molecular flexibility index (Phi) is 3.07. The second-order valence-corrected chi connectivity index (χ2v) is 5.94. The van der Waals surface area contributed by atoms with Crippen molar-refractivity contribution in [3.63, 3.8) is 0 Å². The highest BCUT2D eigenvalue weighted by Gasteiger charge is 2.43. The summed E-state index contributed by atoms with van der Waals surface area (Å²) in [5.74, 6) is 0.804. The highest BCUT2D eigenvalue weighted by atomic mass is 32.1. The fourth-order valence-corrected chi connectivity index (χ4v) is 3.87. The van der Waals surface area contributed by atoms with Gasteiger partial charge in [0.05, 0.1) is 11.8 Å². The summed E-state index contributed by atoms with van der Waals surface area (Å²) >= 11 is 1.18. The Bertz CT molecular complexity index is 462. The minimum absolute atomic E-state index is 0.0449. The molecule has 0 spiro atoms. The molecule has 2 fully saturated rings.